The predicted octanol–water partition coefficient (Wildman–Crippen LogP) is 5.85. The maximum Gasteiger partial charge on any atom is 0.408 e. The van der Waals surface area contributed by atoms with Crippen molar-refractivity contribution in [1.29, 1.82) is 0 Å². The molecule has 4 amide bonds. The molecule has 0 bridgehead atoms. The van der Waals surface area contributed by atoms with Crippen LogP contribution in [-0.4, -0.2) is 70.6 Å². The summed E-state index contributed by atoms with van der Waals surface area (Å²) in [6.45, 7) is 7.46. The van der Waals surface area contributed by atoms with Gasteiger partial charge in [0.2, 0.25) is 11.8 Å². The highest BCUT2D eigenvalue weighted by Crippen LogP contribution is 2.18. The second-order valence-electron chi connectivity index (χ2n) is 14.7. The van der Waals surface area contributed by atoms with Gasteiger partial charge in [-0.15, -0.1) is 0 Å². The number of hydrogen-bond donors (Lipinski definition) is 6. The van der Waals surface area contributed by atoms with E-state index in [-0.39, 0.29) is 37.9 Å². The van der Waals surface area contributed by atoms with Crippen LogP contribution in [-0.2, 0) is 45.1 Å². The van der Waals surface area contributed by atoms with Crippen LogP contribution in [0.15, 0.2) is 121 Å². The predicted molar refractivity (Wildman–Crippen MR) is 222 cm³/mol. The number of nitrogens with one attached hydrogen (secondary N) is 4. The summed E-state index contributed by atoms with van der Waals surface area (Å²) in [5, 5.41) is 35.3. The van der Waals surface area contributed by atoms with Gasteiger partial charge in [-0.1, -0.05) is 162 Å². The lowest BCUT2D eigenvalue weighted by molar-refractivity contribution is -0.129. The van der Waals surface area contributed by atoms with Gasteiger partial charge >= 0.3 is 12.2 Å². The Morgan fingerprint density at radius 1 is 0.483 bits per heavy atom. The molecule has 0 saturated heterocycles. The highest BCUT2D eigenvalue weighted by atomic mass is 16.6. The van der Waals surface area contributed by atoms with Crippen LogP contribution >= 0.6 is 0 Å². The number of aliphatic hydroxyl groups is 2. The van der Waals surface area contributed by atoms with Crippen molar-refractivity contribution in [2.75, 3.05) is 0 Å². The first-order valence-corrected chi connectivity index (χ1v) is 20.0. The van der Waals surface area contributed by atoms with Gasteiger partial charge in [0.25, 0.3) is 0 Å². The highest BCUT2D eigenvalue weighted by molar-refractivity contribution is 5.87. The molecular formula is C46H58N4O8. The Morgan fingerprint density at radius 2 is 0.776 bits per heavy atom. The third-order valence-electron chi connectivity index (χ3n) is 10.4. The number of benzene rings is 4. The first-order chi connectivity index (χ1) is 28.0. The lowest BCUT2D eigenvalue weighted by atomic mass is 9.89. The monoisotopic (exact) mass is 794 g/mol. The molecule has 0 aliphatic rings. The fourth-order valence-corrected chi connectivity index (χ4v) is 6.46. The maximum absolute atomic E-state index is 14.1. The van der Waals surface area contributed by atoms with Crippen molar-refractivity contribution in [1.82, 2.24) is 21.3 Å². The Kier molecular flexibility index (Phi) is 18.2. The molecule has 0 heterocycles. The van der Waals surface area contributed by atoms with Crippen molar-refractivity contribution < 1.29 is 38.9 Å². The summed E-state index contributed by atoms with van der Waals surface area (Å²) in [5.41, 5.74) is 3.11. The molecule has 12 nitrogen and oxygen atoms in total. The lowest BCUT2D eigenvalue weighted by Crippen LogP contribution is -2.61. The first-order valence-electron chi connectivity index (χ1n) is 20.0. The zero-order valence-corrected chi connectivity index (χ0v) is 33.8. The minimum absolute atomic E-state index is 0.0138. The number of aliphatic hydroxyl groups excluding tert-OH is 2. The molecule has 310 valence electrons. The Hall–Kier alpha value is -5.72. The Morgan fingerprint density at radius 3 is 1.07 bits per heavy atom. The molecule has 0 spiro atoms. The number of alkyl carbamates (subject to hydrolysis) is 2. The van der Waals surface area contributed by atoms with Gasteiger partial charge in [-0.25, -0.2) is 9.59 Å². The molecule has 12 heteroatoms. The Labute approximate surface area is 341 Å². The molecule has 0 radical (unpaired) electrons. The second kappa shape index (κ2) is 23.5. The fraction of sp³-hybridized carbons (Fsp3) is 0.391. The van der Waals surface area contributed by atoms with E-state index in [0.29, 0.717) is 12.8 Å². The summed E-state index contributed by atoms with van der Waals surface area (Å²) < 4.78 is 10.8. The smallest absolute Gasteiger partial charge is 0.408 e. The van der Waals surface area contributed by atoms with Gasteiger partial charge in [0.15, 0.2) is 0 Å². The SMILES string of the molecule is CC[C@H](C)[C@H](NC(=O)OCc1ccccc1)C(=O)NC(Cc1ccccc1)C(O)C(O)C(Cc1ccccc1)NC(=O)[C@@H](NC(=O)OCc1ccccc1)[C@@H](C)CC. The number of carbonyl (C=O) groups excluding carboxylic acids is 4. The highest BCUT2D eigenvalue weighted by Gasteiger charge is 2.38. The van der Waals surface area contributed by atoms with Crippen LogP contribution in [0.4, 0.5) is 9.59 Å². The van der Waals surface area contributed by atoms with E-state index in [2.05, 4.69) is 21.3 Å². The van der Waals surface area contributed by atoms with Gasteiger partial charge < -0.3 is 41.0 Å². The largest absolute Gasteiger partial charge is 0.445 e. The summed E-state index contributed by atoms with van der Waals surface area (Å²) in [6, 6.07) is 32.5. The molecule has 4 aromatic rings. The van der Waals surface area contributed by atoms with Crippen LogP contribution in [0.5, 0.6) is 0 Å². The van der Waals surface area contributed by atoms with Crippen molar-refractivity contribution in [3.63, 3.8) is 0 Å². The molecule has 4 aromatic carbocycles. The van der Waals surface area contributed by atoms with Crippen LogP contribution in [0, 0.1) is 11.8 Å². The average molecular weight is 795 g/mol. The number of carbonyl (C=O) groups is 4. The van der Waals surface area contributed by atoms with Crippen molar-refractivity contribution >= 4 is 24.0 Å². The molecule has 8 atom stereocenters. The molecule has 0 fully saturated rings. The molecule has 0 saturated carbocycles. The molecule has 0 aromatic heterocycles. The standard InChI is InChI=1S/C46H58N4O8/c1-5-31(3)39(49-45(55)57-29-35-23-15-9-16-24-35)43(53)47-37(27-33-19-11-7-12-20-33)41(51)42(52)38(28-34-21-13-8-14-22-34)48-44(54)40(32(4)6-2)50-46(56)58-30-36-25-17-10-18-26-36/h7-26,31-32,37-42,51-52H,5-6,27-30H2,1-4H3,(H,47,53)(H,48,54)(H,49,55)(H,50,56)/t31-,32-,37?,38?,39-,40-,41?,42?/m0/s1. The van der Waals surface area contributed by atoms with Gasteiger partial charge in [0.1, 0.15) is 37.5 Å². The number of hydrogen-bond acceptors (Lipinski definition) is 8. The third-order valence-corrected chi connectivity index (χ3v) is 10.4. The minimum atomic E-state index is -1.60. The fourth-order valence-electron chi connectivity index (χ4n) is 6.46. The molecule has 0 aliphatic heterocycles. The van der Waals surface area contributed by atoms with Gasteiger partial charge in [-0.05, 0) is 46.9 Å². The summed E-state index contributed by atoms with van der Waals surface area (Å²) in [5.74, 6) is -1.79. The molecule has 6 N–H and O–H groups in total. The van der Waals surface area contributed by atoms with Crippen molar-refractivity contribution in [2.24, 2.45) is 11.8 Å². The maximum atomic E-state index is 14.1. The zero-order chi connectivity index (χ0) is 41.9. The third kappa shape index (κ3) is 14.3. The average Bonchev–Trinajstić information content (AvgIpc) is 3.25. The molecule has 4 rings (SSSR count). The summed E-state index contributed by atoms with van der Waals surface area (Å²) >= 11 is 0. The lowest BCUT2D eigenvalue weighted by Gasteiger charge is -2.35. The number of ether oxygens (including phenoxy) is 2. The van der Waals surface area contributed by atoms with Crippen LogP contribution in [0.3, 0.4) is 0 Å². The van der Waals surface area contributed by atoms with E-state index < -0.39 is 60.4 Å². The molecule has 0 aliphatic carbocycles. The Bertz CT molecular complexity index is 1700. The topological polar surface area (TPSA) is 175 Å². The molecule has 58 heavy (non-hydrogen) atoms. The number of amides is 4. The van der Waals surface area contributed by atoms with Crippen LogP contribution < -0.4 is 21.3 Å². The van der Waals surface area contributed by atoms with Crippen molar-refractivity contribution in [2.45, 2.75) is 103 Å². The number of rotatable bonds is 21. The quantitative estimate of drug-likeness (QED) is 0.0610. The second-order valence-corrected chi connectivity index (χ2v) is 14.7. The molecule has 4 unspecified atom stereocenters. The molecular weight excluding hydrogens is 737 g/mol. The van der Waals surface area contributed by atoms with Crippen molar-refractivity contribution in [3.05, 3.63) is 144 Å². The van der Waals surface area contributed by atoms with Crippen LogP contribution in [0.1, 0.15) is 62.8 Å². The van der Waals surface area contributed by atoms with E-state index in [1.807, 2.05) is 149 Å². The van der Waals surface area contributed by atoms with E-state index in [1.165, 1.54) is 0 Å². The van der Waals surface area contributed by atoms with E-state index in [1.54, 1.807) is 0 Å². The van der Waals surface area contributed by atoms with E-state index >= 15 is 0 Å². The normalized spacial score (nSPS) is 15.2. The van der Waals surface area contributed by atoms with E-state index in [4.69, 9.17) is 9.47 Å². The van der Waals surface area contributed by atoms with Gasteiger partial charge in [-0.3, -0.25) is 9.59 Å². The minimum Gasteiger partial charge on any atom is -0.445 e. The van der Waals surface area contributed by atoms with Crippen LogP contribution in [0.25, 0.3) is 0 Å². The summed E-state index contributed by atoms with van der Waals surface area (Å²) in [7, 11) is 0. The van der Waals surface area contributed by atoms with Crippen molar-refractivity contribution in [3.8, 4) is 0 Å². The van der Waals surface area contributed by atoms with Gasteiger partial charge in [0.05, 0.1) is 12.1 Å². The van der Waals surface area contributed by atoms with Gasteiger partial charge in [-0.2, -0.15) is 0 Å². The van der Waals surface area contributed by atoms with Crippen LogP contribution in [0.2, 0.25) is 0 Å². The van der Waals surface area contributed by atoms with E-state index in [9.17, 15) is 29.4 Å². The summed E-state index contributed by atoms with van der Waals surface area (Å²) in [6.07, 6.45) is -3.44. The van der Waals surface area contributed by atoms with Gasteiger partial charge in [0, 0.05) is 0 Å². The summed E-state index contributed by atoms with van der Waals surface area (Å²) in [4.78, 5) is 54.0. The Balaban J connectivity index is 1.56. The van der Waals surface area contributed by atoms with E-state index in [0.717, 1.165) is 22.3 Å². The first kappa shape index (κ1) is 45.0. The zero-order valence-electron chi connectivity index (χ0n) is 33.8.